The monoisotopic (exact) mass is 152 g/mol. The van der Waals surface area contributed by atoms with E-state index in [1.807, 2.05) is 0 Å². The number of hydrogen-bond donors (Lipinski definition) is 1. The third kappa shape index (κ3) is 1.17. The second kappa shape index (κ2) is 2.36. The lowest BCUT2D eigenvalue weighted by atomic mass is 9.91. The van der Waals surface area contributed by atoms with Crippen LogP contribution in [0.25, 0.3) is 0 Å². The minimum absolute atomic E-state index is 0.367. The zero-order chi connectivity index (χ0) is 7.84. The van der Waals surface area contributed by atoms with Crippen molar-refractivity contribution >= 4 is 5.97 Å². The van der Waals surface area contributed by atoms with Crippen molar-refractivity contribution < 1.29 is 9.90 Å². The van der Waals surface area contributed by atoms with Crippen LogP contribution in [-0.4, -0.2) is 11.1 Å². The van der Waals surface area contributed by atoms with Crippen molar-refractivity contribution in [3.63, 3.8) is 0 Å². The van der Waals surface area contributed by atoms with Crippen molar-refractivity contribution in [1.82, 2.24) is 0 Å². The predicted molar refractivity (Wildman–Crippen MR) is 41.1 cm³/mol. The molecule has 2 aliphatic carbocycles. The van der Waals surface area contributed by atoms with Gasteiger partial charge >= 0.3 is 5.97 Å². The van der Waals surface area contributed by atoms with Crippen LogP contribution in [0.15, 0.2) is 12.2 Å². The standard InChI is InChI=1S/C9H12O2/c10-9(11)5-8-4-6-1-2-7(8)3-6/h1-2,6-8H,3-5H2,(H,10,11)/t6-,7+,8?/m1/s1. The lowest BCUT2D eigenvalue weighted by Crippen LogP contribution is -2.11. The summed E-state index contributed by atoms with van der Waals surface area (Å²) in [5, 5.41) is 8.58. The SMILES string of the molecule is O=C(O)CC1C[C@@H]2C=C[C@H]1C2. The maximum atomic E-state index is 10.4. The number of fused-ring (bicyclic) bond motifs is 2. The fourth-order valence-electron chi connectivity index (χ4n) is 2.35. The van der Waals surface area contributed by atoms with Gasteiger partial charge in [0.2, 0.25) is 0 Å². The van der Waals surface area contributed by atoms with Crippen LogP contribution in [-0.2, 0) is 4.79 Å². The molecule has 0 aromatic carbocycles. The Hall–Kier alpha value is -0.790. The molecule has 3 atom stereocenters. The Labute approximate surface area is 65.9 Å². The van der Waals surface area contributed by atoms with E-state index in [9.17, 15) is 4.79 Å². The predicted octanol–water partition coefficient (Wildman–Crippen LogP) is 1.67. The Morgan fingerprint density at radius 1 is 1.45 bits per heavy atom. The van der Waals surface area contributed by atoms with Gasteiger partial charge in [-0.05, 0) is 30.6 Å². The van der Waals surface area contributed by atoms with Crippen molar-refractivity contribution in [3.8, 4) is 0 Å². The molecule has 11 heavy (non-hydrogen) atoms. The largest absolute Gasteiger partial charge is 0.481 e. The second-order valence-electron chi connectivity index (χ2n) is 3.64. The Balaban J connectivity index is 1.98. The molecule has 1 fully saturated rings. The highest BCUT2D eigenvalue weighted by molar-refractivity contribution is 5.67. The number of hydrogen-bond acceptors (Lipinski definition) is 1. The van der Waals surface area contributed by atoms with Crippen LogP contribution in [0.2, 0.25) is 0 Å². The van der Waals surface area contributed by atoms with Crippen molar-refractivity contribution in [3.05, 3.63) is 12.2 Å². The molecule has 0 saturated heterocycles. The molecule has 2 rings (SSSR count). The van der Waals surface area contributed by atoms with Gasteiger partial charge in [0.05, 0.1) is 0 Å². The highest BCUT2D eigenvalue weighted by Crippen LogP contribution is 2.44. The van der Waals surface area contributed by atoms with Gasteiger partial charge in [-0.3, -0.25) is 4.79 Å². The van der Waals surface area contributed by atoms with Crippen molar-refractivity contribution in [2.24, 2.45) is 17.8 Å². The first-order valence-corrected chi connectivity index (χ1v) is 4.16. The van der Waals surface area contributed by atoms with E-state index in [1.165, 1.54) is 6.42 Å². The van der Waals surface area contributed by atoms with E-state index in [0.717, 1.165) is 6.42 Å². The smallest absolute Gasteiger partial charge is 0.303 e. The van der Waals surface area contributed by atoms with Gasteiger partial charge in [0.15, 0.2) is 0 Å². The third-order valence-corrected chi connectivity index (χ3v) is 2.85. The van der Waals surface area contributed by atoms with Crippen LogP contribution in [0, 0.1) is 17.8 Å². The molecule has 0 aromatic heterocycles. The maximum absolute atomic E-state index is 10.4. The number of carbonyl (C=O) groups is 1. The normalized spacial score (nSPS) is 39.8. The number of carboxylic acids is 1. The van der Waals surface area contributed by atoms with E-state index < -0.39 is 5.97 Å². The van der Waals surface area contributed by atoms with Gasteiger partial charge < -0.3 is 5.11 Å². The first-order chi connectivity index (χ1) is 5.25. The van der Waals surface area contributed by atoms with Gasteiger partial charge in [-0.1, -0.05) is 12.2 Å². The molecule has 0 radical (unpaired) electrons. The lowest BCUT2D eigenvalue weighted by molar-refractivity contribution is -0.138. The van der Waals surface area contributed by atoms with Gasteiger partial charge in [0, 0.05) is 6.42 Å². The average Bonchev–Trinajstić information content (AvgIpc) is 2.45. The van der Waals surface area contributed by atoms with E-state index in [1.54, 1.807) is 0 Å². The van der Waals surface area contributed by atoms with E-state index in [2.05, 4.69) is 12.2 Å². The molecule has 2 heteroatoms. The van der Waals surface area contributed by atoms with Gasteiger partial charge in [-0.25, -0.2) is 0 Å². The Kier molecular flexibility index (Phi) is 1.48. The van der Waals surface area contributed by atoms with Gasteiger partial charge in [0.1, 0.15) is 0 Å². The zero-order valence-electron chi connectivity index (χ0n) is 6.36. The molecule has 2 bridgehead atoms. The maximum Gasteiger partial charge on any atom is 0.303 e. The number of carboxylic acid groups (broad SMARTS) is 1. The zero-order valence-corrected chi connectivity index (χ0v) is 6.36. The van der Waals surface area contributed by atoms with Crippen LogP contribution in [0.1, 0.15) is 19.3 Å². The molecule has 1 N–H and O–H groups in total. The summed E-state index contributed by atoms with van der Waals surface area (Å²) in [5.74, 6) is 1.07. The quantitative estimate of drug-likeness (QED) is 0.611. The first kappa shape index (κ1) is 6.89. The first-order valence-electron chi connectivity index (χ1n) is 4.16. The summed E-state index contributed by atoms with van der Waals surface area (Å²) in [6, 6.07) is 0. The molecule has 0 heterocycles. The summed E-state index contributed by atoms with van der Waals surface area (Å²) >= 11 is 0. The Bertz CT molecular complexity index is 208. The molecule has 0 aliphatic heterocycles. The fourth-order valence-corrected chi connectivity index (χ4v) is 2.35. The molecule has 0 amide bonds. The fraction of sp³-hybridized carbons (Fsp3) is 0.667. The van der Waals surface area contributed by atoms with E-state index in [0.29, 0.717) is 24.2 Å². The van der Waals surface area contributed by atoms with Crippen molar-refractivity contribution in [1.29, 1.82) is 0 Å². The van der Waals surface area contributed by atoms with Crippen molar-refractivity contribution in [2.45, 2.75) is 19.3 Å². The van der Waals surface area contributed by atoms with E-state index >= 15 is 0 Å². The summed E-state index contributed by atoms with van der Waals surface area (Å²) in [5.41, 5.74) is 0. The molecule has 60 valence electrons. The number of allylic oxidation sites excluding steroid dienone is 2. The third-order valence-electron chi connectivity index (χ3n) is 2.85. The summed E-state index contributed by atoms with van der Waals surface area (Å²) in [4.78, 5) is 10.4. The number of aliphatic carboxylic acids is 1. The highest BCUT2D eigenvalue weighted by atomic mass is 16.4. The molecule has 1 saturated carbocycles. The van der Waals surface area contributed by atoms with Crippen molar-refractivity contribution in [2.75, 3.05) is 0 Å². The van der Waals surface area contributed by atoms with Crippen LogP contribution in [0.4, 0.5) is 0 Å². The summed E-state index contributed by atoms with van der Waals surface area (Å²) < 4.78 is 0. The summed E-state index contributed by atoms with van der Waals surface area (Å²) in [6.07, 6.45) is 7.11. The van der Waals surface area contributed by atoms with Gasteiger partial charge in [-0.2, -0.15) is 0 Å². The number of rotatable bonds is 2. The van der Waals surface area contributed by atoms with Crippen LogP contribution < -0.4 is 0 Å². The topological polar surface area (TPSA) is 37.3 Å². The minimum Gasteiger partial charge on any atom is -0.481 e. The highest BCUT2D eigenvalue weighted by Gasteiger charge is 2.36. The lowest BCUT2D eigenvalue weighted by Gasteiger charge is -2.14. The molecule has 2 nitrogen and oxygen atoms in total. The summed E-state index contributed by atoms with van der Waals surface area (Å²) in [6.45, 7) is 0. The van der Waals surface area contributed by atoms with Crippen LogP contribution in [0.3, 0.4) is 0 Å². The summed E-state index contributed by atoms with van der Waals surface area (Å²) in [7, 11) is 0. The Morgan fingerprint density at radius 3 is 2.73 bits per heavy atom. The molecular formula is C9H12O2. The second-order valence-corrected chi connectivity index (χ2v) is 3.64. The minimum atomic E-state index is -0.643. The molecule has 0 spiro atoms. The van der Waals surface area contributed by atoms with Crippen LogP contribution >= 0.6 is 0 Å². The molecule has 2 aliphatic rings. The molecular weight excluding hydrogens is 140 g/mol. The average molecular weight is 152 g/mol. The van der Waals surface area contributed by atoms with Gasteiger partial charge in [-0.15, -0.1) is 0 Å². The van der Waals surface area contributed by atoms with Gasteiger partial charge in [0.25, 0.3) is 0 Å². The Morgan fingerprint density at radius 2 is 2.27 bits per heavy atom. The molecule has 1 unspecified atom stereocenters. The van der Waals surface area contributed by atoms with E-state index in [-0.39, 0.29) is 0 Å². The van der Waals surface area contributed by atoms with E-state index in [4.69, 9.17) is 5.11 Å². The van der Waals surface area contributed by atoms with Crippen LogP contribution in [0.5, 0.6) is 0 Å². The molecule has 0 aromatic rings.